The lowest BCUT2D eigenvalue weighted by Gasteiger charge is -2.14. The monoisotopic (exact) mass is 227 g/mol. The zero-order valence-corrected chi connectivity index (χ0v) is 7.78. The van der Waals surface area contributed by atoms with E-state index in [0.29, 0.717) is 0 Å². The number of aliphatic hydroxyl groups is 1. The van der Waals surface area contributed by atoms with Crippen LogP contribution in [0.1, 0.15) is 5.56 Å². The van der Waals surface area contributed by atoms with E-state index in [1.807, 2.05) is 0 Å². The Bertz CT molecular complexity index is 319. The lowest BCUT2D eigenvalue weighted by molar-refractivity contribution is -0.0557. The second-order valence-corrected chi connectivity index (χ2v) is 3.14. The van der Waals surface area contributed by atoms with Crippen LogP contribution in [0.2, 0.25) is 10.2 Å². The molecule has 0 amide bonds. The molecule has 13 heavy (non-hydrogen) atoms. The van der Waals surface area contributed by atoms with E-state index in [2.05, 4.69) is 4.98 Å². The number of rotatable bonds is 2. The normalized spacial score (nSPS) is 11.8. The Kier molecular flexibility index (Phi) is 3.05. The van der Waals surface area contributed by atoms with Gasteiger partial charge in [0, 0.05) is 6.20 Å². The highest BCUT2D eigenvalue weighted by atomic mass is 35.5. The summed E-state index contributed by atoms with van der Waals surface area (Å²) in [7, 11) is 0. The fourth-order valence-electron chi connectivity index (χ4n) is 0.762. The number of pyridine rings is 1. The topological polar surface area (TPSA) is 33.1 Å². The Labute approximate surface area is 83.1 Å². The highest BCUT2D eigenvalue weighted by Crippen LogP contribution is 2.33. The number of hydrogen-bond acceptors (Lipinski definition) is 2. The Morgan fingerprint density at radius 2 is 2.08 bits per heavy atom. The van der Waals surface area contributed by atoms with Gasteiger partial charge >= 0.3 is 0 Å². The van der Waals surface area contributed by atoms with Crippen molar-refractivity contribution in [1.29, 1.82) is 0 Å². The summed E-state index contributed by atoms with van der Waals surface area (Å²) < 4.78 is 25.7. The van der Waals surface area contributed by atoms with Crippen LogP contribution < -0.4 is 0 Å². The van der Waals surface area contributed by atoms with Gasteiger partial charge in [-0.05, 0) is 6.07 Å². The molecule has 1 N–H and O–H groups in total. The first-order chi connectivity index (χ1) is 5.97. The molecule has 1 aromatic rings. The molecule has 0 radical (unpaired) electrons. The zero-order chi connectivity index (χ0) is 10.1. The van der Waals surface area contributed by atoms with Gasteiger partial charge in [-0.3, -0.25) is 0 Å². The summed E-state index contributed by atoms with van der Waals surface area (Å²) in [5, 5.41) is 8.19. The first kappa shape index (κ1) is 10.6. The van der Waals surface area contributed by atoms with E-state index in [-0.39, 0.29) is 10.2 Å². The van der Waals surface area contributed by atoms with Crippen LogP contribution in [0.15, 0.2) is 12.3 Å². The summed E-state index contributed by atoms with van der Waals surface area (Å²) in [5.74, 6) is -3.38. The van der Waals surface area contributed by atoms with Crippen LogP contribution in [0, 0.1) is 0 Å². The third-order valence-corrected chi connectivity index (χ3v) is 1.93. The lowest BCUT2D eigenvalue weighted by Crippen LogP contribution is -2.19. The van der Waals surface area contributed by atoms with Crippen molar-refractivity contribution in [3.63, 3.8) is 0 Å². The Balaban J connectivity index is 3.16. The molecule has 0 saturated carbocycles. The average molecular weight is 228 g/mol. The molecule has 0 fully saturated rings. The first-order valence-electron chi connectivity index (χ1n) is 3.27. The van der Waals surface area contributed by atoms with Crippen LogP contribution in [-0.4, -0.2) is 16.7 Å². The molecular formula is C7H5Cl2F2NO. The molecule has 0 aliphatic carbocycles. The first-order valence-corrected chi connectivity index (χ1v) is 4.03. The van der Waals surface area contributed by atoms with Gasteiger partial charge in [0.1, 0.15) is 11.8 Å². The molecule has 0 atom stereocenters. The number of aromatic nitrogens is 1. The van der Waals surface area contributed by atoms with Crippen LogP contribution >= 0.6 is 23.2 Å². The van der Waals surface area contributed by atoms with Crippen molar-refractivity contribution in [2.45, 2.75) is 5.92 Å². The van der Waals surface area contributed by atoms with Crippen molar-refractivity contribution in [2.75, 3.05) is 6.61 Å². The van der Waals surface area contributed by atoms with E-state index in [1.54, 1.807) is 0 Å². The number of halogens is 4. The standard InChI is InChI=1S/C7H5Cl2F2NO/c8-5-1-6(9)12-2-4(5)7(10,11)3-13/h1-2,13H,3H2. The number of nitrogens with zero attached hydrogens (tertiary/aromatic N) is 1. The van der Waals surface area contributed by atoms with Crippen LogP contribution in [0.25, 0.3) is 0 Å². The van der Waals surface area contributed by atoms with E-state index in [4.69, 9.17) is 28.3 Å². The second-order valence-electron chi connectivity index (χ2n) is 2.35. The van der Waals surface area contributed by atoms with Crippen molar-refractivity contribution in [1.82, 2.24) is 4.98 Å². The largest absolute Gasteiger partial charge is 0.390 e. The van der Waals surface area contributed by atoms with Gasteiger partial charge in [-0.15, -0.1) is 0 Å². The van der Waals surface area contributed by atoms with E-state index in [1.165, 1.54) is 0 Å². The summed E-state index contributed by atoms with van der Waals surface area (Å²) in [6, 6.07) is 1.10. The van der Waals surface area contributed by atoms with Crippen LogP contribution in [-0.2, 0) is 5.92 Å². The minimum Gasteiger partial charge on any atom is -0.390 e. The van der Waals surface area contributed by atoms with E-state index >= 15 is 0 Å². The van der Waals surface area contributed by atoms with Crippen molar-refractivity contribution < 1.29 is 13.9 Å². The van der Waals surface area contributed by atoms with Gasteiger partial charge in [0.15, 0.2) is 0 Å². The maximum absolute atomic E-state index is 12.9. The molecule has 72 valence electrons. The van der Waals surface area contributed by atoms with Crippen LogP contribution in [0.3, 0.4) is 0 Å². The van der Waals surface area contributed by atoms with E-state index in [0.717, 1.165) is 12.3 Å². The molecule has 1 heterocycles. The van der Waals surface area contributed by atoms with Gasteiger partial charge in [0.05, 0.1) is 10.6 Å². The molecule has 2 nitrogen and oxygen atoms in total. The predicted octanol–water partition coefficient (Wildman–Crippen LogP) is 2.47. The summed E-state index contributed by atoms with van der Waals surface area (Å²) >= 11 is 10.9. The zero-order valence-electron chi connectivity index (χ0n) is 6.27. The summed E-state index contributed by atoms with van der Waals surface area (Å²) in [6.45, 7) is -1.31. The van der Waals surface area contributed by atoms with Crippen LogP contribution in [0.5, 0.6) is 0 Å². The van der Waals surface area contributed by atoms with E-state index < -0.39 is 18.1 Å². The van der Waals surface area contributed by atoms with Crippen molar-refractivity contribution in [3.8, 4) is 0 Å². The van der Waals surface area contributed by atoms with Crippen molar-refractivity contribution in [3.05, 3.63) is 28.0 Å². The quantitative estimate of drug-likeness (QED) is 0.788. The predicted molar refractivity (Wildman–Crippen MR) is 45.2 cm³/mol. The third kappa shape index (κ3) is 2.27. The van der Waals surface area contributed by atoms with Crippen LogP contribution in [0.4, 0.5) is 8.78 Å². The van der Waals surface area contributed by atoms with Gasteiger partial charge in [0.2, 0.25) is 0 Å². The van der Waals surface area contributed by atoms with Gasteiger partial charge in [-0.1, -0.05) is 23.2 Å². The molecular weight excluding hydrogens is 223 g/mol. The SMILES string of the molecule is OCC(F)(F)c1cnc(Cl)cc1Cl. The summed E-state index contributed by atoms with van der Waals surface area (Å²) in [6.07, 6.45) is 0.848. The maximum Gasteiger partial charge on any atom is 0.298 e. The third-order valence-electron chi connectivity index (χ3n) is 1.41. The molecule has 6 heteroatoms. The van der Waals surface area contributed by atoms with Gasteiger partial charge in [0.25, 0.3) is 5.92 Å². The van der Waals surface area contributed by atoms with Gasteiger partial charge in [-0.25, -0.2) is 4.98 Å². The molecule has 0 bridgehead atoms. The molecule has 0 saturated heterocycles. The lowest BCUT2D eigenvalue weighted by atomic mass is 10.1. The molecule has 1 aromatic heterocycles. The fraction of sp³-hybridized carbons (Fsp3) is 0.286. The summed E-state index contributed by atoms with van der Waals surface area (Å²) in [4.78, 5) is 3.44. The molecule has 0 unspecified atom stereocenters. The summed E-state index contributed by atoms with van der Waals surface area (Å²) in [5.41, 5.74) is -0.527. The molecule has 0 aliphatic heterocycles. The minimum atomic E-state index is -3.38. The van der Waals surface area contributed by atoms with Crippen molar-refractivity contribution in [2.24, 2.45) is 0 Å². The molecule has 0 aliphatic rings. The van der Waals surface area contributed by atoms with E-state index in [9.17, 15) is 8.78 Å². The molecule has 1 rings (SSSR count). The molecule has 0 aromatic carbocycles. The second kappa shape index (κ2) is 3.74. The Morgan fingerprint density at radius 1 is 1.46 bits per heavy atom. The van der Waals surface area contributed by atoms with Gasteiger partial charge in [-0.2, -0.15) is 8.78 Å². The highest BCUT2D eigenvalue weighted by Gasteiger charge is 2.33. The smallest absolute Gasteiger partial charge is 0.298 e. The van der Waals surface area contributed by atoms with Crippen molar-refractivity contribution >= 4 is 23.2 Å². The number of alkyl halides is 2. The Morgan fingerprint density at radius 3 is 2.54 bits per heavy atom. The minimum absolute atomic E-state index is 0.0301. The molecule has 0 spiro atoms. The van der Waals surface area contributed by atoms with Gasteiger partial charge < -0.3 is 5.11 Å². The average Bonchev–Trinajstić information content (AvgIpc) is 2.03. The maximum atomic E-state index is 12.9. The number of aliphatic hydroxyl groups excluding tert-OH is 1. The fourth-order valence-corrected chi connectivity index (χ4v) is 1.27. The highest BCUT2D eigenvalue weighted by molar-refractivity contribution is 6.34. The number of hydrogen-bond donors (Lipinski definition) is 1. The Hall–Kier alpha value is -0.450.